The smallest absolute Gasteiger partial charge is 0.410 e. The predicted molar refractivity (Wildman–Crippen MR) is 115 cm³/mol. The molecule has 2 saturated heterocycles. The molecule has 2 aromatic rings. The third kappa shape index (κ3) is 5.20. The van der Waals surface area contributed by atoms with Crippen LogP contribution in [0.5, 0.6) is 0 Å². The van der Waals surface area contributed by atoms with E-state index in [0.717, 1.165) is 44.7 Å². The lowest BCUT2D eigenvalue weighted by Gasteiger charge is -2.34. The molecule has 0 radical (unpaired) electrons. The monoisotopic (exact) mass is 403 g/mol. The Balaban J connectivity index is 1.20. The Morgan fingerprint density at radius 3 is 2.33 bits per heavy atom. The highest BCUT2D eigenvalue weighted by Gasteiger charge is 2.34. The van der Waals surface area contributed by atoms with Crippen LogP contribution in [0.1, 0.15) is 36.0 Å². The Kier molecular flexibility index (Phi) is 6.66. The largest absolute Gasteiger partial charge is 0.445 e. The van der Waals surface area contributed by atoms with Crippen molar-refractivity contribution in [3.8, 4) is 6.07 Å². The van der Waals surface area contributed by atoms with E-state index in [-0.39, 0.29) is 6.09 Å². The number of likely N-dealkylation sites (tertiary alicyclic amines) is 2. The second-order valence-corrected chi connectivity index (χ2v) is 8.46. The van der Waals surface area contributed by atoms with E-state index in [9.17, 15) is 4.79 Å². The number of carbonyl (C=O) groups excluding carboxylic acids is 1. The summed E-state index contributed by atoms with van der Waals surface area (Å²) in [5.41, 5.74) is 3.00. The maximum absolute atomic E-state index is 12.4. The highest BCUT2D eigenvalue weighted by Crippen LogP contribution is 2.32. The van der Waals surface area contributed by atoms with Gasteiger partial charge in [-0.25, -0.2) is 4.79 Å². The van der Waals surface area contributed by atoms with Gasteiger partial charge in [0.1, 0.15) is 6.61 Å². The number of nitriles is 1. The summed E-state index contributed by atoms with van der Waals surface area (Å²) >= 11 is 0. The maximum Gasteiger partial charge on any atom is 0.410 e. The average molecular weight is 404 g/mol. The minimum Gasteiger partial charge on any atom is -0.445 e. The lowest BCUT2D eigenvalue weighted by molar-refractivity contribution is 0.0984. The van der Waals surface area contributed by atoms with Gasteiger partial charge in [0, 0.05) is 19.6 Å². The molecule has 0 spiro atoms. The van der Waals surface area contributed by atoms with Crippen LogP contribution in [0.15, 0.2) is 54.6 Å². The number of hydrogen-bond donors (Lipinski definition) is 0. The van der Waals surface area contributed by atoms with Gasteiger partial charge >= 0.3 is 6.09 Å². The van der Waals surface area contributed by atoms with Crippen LogP contribution < -0.4 is 0 Å². The van der Waals surface area contributed by atoms with E-state index in [1.807, 2.05) is 47.4 Å². The first-order valence-electron chi connectivity index (χ1n) is 10.9. The van der Waals surface area contributed by atoms with Gasteiger partial charge in [-0.1, -0.05) is 42.5 Å². The summed E-state index contributed by atoms with van der Waals surface area (Å²) in [6.45, 7) is 5.12. The van der Waals surface area contributed by atoms with E-state index in [1.165, 1.54) is 18.4 Å². The fourth-order valence-corrected chi connectivity index (χ4v) is 4.67. The van der Waals surface area contributed by atoms with E-state index in [4.69, 9.17) is 10.00 Å². The highest BCUT2D eigenvalue weighted by atomic mass is 16.6. The van der Waals surface area contributed by atoms with Crippen molar-refractivity contribution < 1.29 is 9.53 Å². The van der Waals surface area contributed by atoms with E-state index >= 15 is 0 Å². The molecule has 2 fully saturated rings. The maximum atomic E-state index is 12.4. The van der Waals surface area contributed by atoms with Gasteiger partial charge in [0.2, 0.25) is 0 Å². The molecule has 2 aliphatic rings. The van der Waals surface area contributed by atoms with Crippen LogP contribution >= 0.6 is 0 Å². The molecule has 2 aromatic carbocycles. The van der Waals surface area contributed by atoms with Crippen molar-refractivity contribution in [2.45, 2.75) is 32.4 Å². The van der Waals surface area contributed by atoms with E-state index in [1.54, 1.807) is 0 Å². The zero-order valence-corrected chi connectivity index (χ0v) is 17.4. The summed E-state index contributed by atoms with van der Waals surface area (Å²) in [5, 5.41) is 8.93. The molecule has 0 N–H and O–H groups in total. The van der Waals surface area contributed by atoms with Gasteiger partial charge in [-0.2, -0.15) is 5.26 Å². The average Bonchev–Trinajstić information content (AvgIpc) is 3.30. The lowest BCUT2D eigenvalue weighted by Crippen LogP contribution is -2.37. The van der Waals surface area contributed by atoms with Gasteiger partial charge < -0.3 is 9.64 Å². The summed E-state index contributed by atoms with van der Waals surface area (Å²) in [6.07, 6.45) is 3.28. The Bertz CT molecular complexity index is 868. The van der Waals surface area contributed by atoms with Crippen molar-refractivity contribution in [2.75, 3.05) is 26.2 Å². The summed E-state index contributed by atoms with van der Waals surface area (Å²) in [5.74, 6) is 1.28. The Morgan fingerprint density at radius 1 is 0.933 bits per heavy atom. The third-order valence-corrected chi connectivity index (χ3v) is 6.48. The van der Waals surface area contributed by atoms with Crippen molar-refractivity contribution >= 4 is 6.09 Å². The first kappa shape index (κ1) is 20.4. The second kappa shape index (κ2) is 9.77. The van der Waals surface area contributed by atoms with Gasteiger partial charge in [-0.05, 0) is 67.4 Å². The van der Waals surface area contributed by atoms with Gasteiger partial charge in [0.15, 0.2) is 0 Å². The van der Waals surface area contributed by atoms with Gasteiger partial charge in [-0.15, -0.1) is 0 Å². The number of benzene rings is 2. The molecule has 0 aromatic heterocycles. The molecule has 1 unspecified atom stereocenters. The fourth-order valence-electron chi connectivity index (χ4n) is 4.67. The van der Waals surface area contributed by atoms with Crippen molar-refractivity contribution in [3.05, 3.63) is 71.3 Å². The zero-order valence-electron chi connectivity index (χ0n) is 17.4. The standard InChI is InChI=1S/C25H29N3O2/c26-16-20-6-8-21(9-7-20)17-27-13-10-23(11-14-27)24-12-15-28(18-24)25(29)30-19-22-4-2-1-3-5-22/h1-9,23-24H,10-15,17-19H2. The molecular weight excluding hydrogens is 374 g/mol. The van der Waals surface area contributed by atoms with Crippen molar-refractivity contribution in [1.29, 1.82) is 5.26 Å². The molecule has 2 heterocycles. The number of rotatable bonds is 5. The topological polar surface area (TPSA) is 56.6 Å². The molecule has 30 heavy (non-hydrogen) atoms. The summed E-state index contributed by atoms with van der Waals surface area (Å²) in [6, 6.07) is 19.9. The van der Waals surface area contributed by atoms with E-state index < -0.39 is 0 Å². The Hall–Kier alpha value is -2.84. The van der Waals surface area contributed by atoms with Crippen LogP contribution in [0.2, 0.25) is 0 Å². The lowest BCUT2D eigenvalue weighted by atomic mass is 9.83. The minimum atomic E-state index is -0.181. The molecule has 156 valence electrons. The van der Waals surface area contributed by atoms with Crippen LogP contribution in [-0.2, 0) is 17.9 Å². The number of amides is 1. The molecule has 2 aliphatic heterocycles. The van der Waals surface area contributed by atoms with Gasteiger partial charge in [-0.3, -0.25) is 4.90 Å². The minimum absolute atomic E-state index is 0.181. The number of carbonyl (C=O) groups is 1. The number of nitrogens with zero attached hydrogens (tertiary/aromatic N) is 3. The summed E-state index contributed by atoms with van der Waals surface area (Å²) in [7, 11) is 0. The first-order chi connectivity index (χ1) is 14.7. The Morgan fingerprint density at radius 2 is 1.63 bits per heavy atom. The molecule has 4 rings (SSSR count). The fraction of sp³-hybridized carbons (Fsp3) is 0.440. The molecular formula is C25H29N3O2. The van der Waals surface area contributed by atoms with Crippen molar-refractivity contribution in [3.63, 3.8) is 0 Å². The summed E-state index contributed by atoms with van der Waals surface area (Å²) < 4.78 is 5.51. The van der Waals surface area contributed by atoms with Crippen LogP contribution in [0, 0.1) is 23.2 Å². The van der Waals surface area contributed by atoms with Gasteiger partial charge in [0.05, 0.1) is 11.6 Å². The molecule has 0 saturated carbocycles. The third-order valence-electron chi connectivity index (χ3n) is 6.48. The predicted octanol–water partition coefficient (Wildman–Crippen LogP) is 4.43. The summed E-state index contributed by atoms with van der Waals surface area (Å²) in [4.78, 5) is 16.8. The van der Waals surface area contributed by atoms with Crippen molar-refractivity contribution in [2.24, 2.45) is 11.8 Å². The van der Waals surface area contributed by atoms with E-state index in [0.29, 0.717) is 24.0 Å². The second-order valence-electron chi connectivity index (χ2n) is 8.46. The molecule has 0 bridgehead atoms. The molecule has 1 amide bonds. The van der Waals surface area contributed by atoms with Crippen molar-refractivity contribution in [1.82, 2.24) is 9.80 Å². The van der Waals surface area contributed by atoms with Gasteiger partial charge in [0.25, 0.3) is 0 Å². The zero-order chi connectivity index (χ0) is 20.8. The SMILES string of the molecule is N#Cc1ccc(CN2CCC(C3CCN(C(=O)OCc4ccccc4)C3)CC2)cc1. The number of hydrogen-bond acceptors (Lipinski definition) is 4. The normalized spacial score (nSPS) is 20.1. The molecule has 5 nitrogen and oxygen atoms in total. The number of piperidine rings is 1. The van der Waals surface area contributed by atoms with Crippen LogP contribution in [0.25, 0.3) is 0 Å². The van der Waals surface area contributed by atoms with Crippen LogP contribution in [0.4, 0.5) is 4.79 Å². The first-order valence-corrected chi connectivity index (χ1v) is 10.9. The van der Waals surface area contributed by atoms with Crippen LogP contribution in [-0.4, -0.2) is 42.1 Å². The van der Waals surface area contributed by atoms with E-state index in [2.05, 4.69) is 23.1 Å². The highest BCUT2D eigenvalue weighted by molar-refractivity contribution is 5.68. The quantitative estimate of drug-likeness (QED) is 0.741. The number of ether oxygens (including phenoxy) is 1. The Labute approximate surface area is 178 Å². The molecule has 5 heteroatoms. The van der Waals surface area contributed by atoms with Crippen LogP contribution in [0.3, 0.4) is 0 Å². The molecule has 1 atom stereocenters. The molecule has 0 aliphatic carbocycles.